The molecule has 0 atom stereocenters. The zero-order valence-electron chi connectivity index (χ0n) is 4.17. The van der Waals surface area contributed by atoms with Gasteiger partial charge in [0.2, 0.25) is 0 Å². The smallest absolute Gasteiger partial charge is 0.0363 e. The Morgan fingerprint density at radius 2 is 2.29 bits per heavy atom. The number of hydrogen-bond acceptors (Lipinski definition) is 0. The molecule has 41 valence electrons. The van der Waals surface area contributed by atoms with Gasteiger partial charge in [0.15, 0.2) is 0 Å². The molecule has 0 rings (SSSR count). The Morgan fingerprint density at radius 1 is 1.71 bits per heavy atom. The minimum absolute atomic E-state index is 1.18. The molecular weight excluding hydrogens is 314 g/mol. The lowest BCUT2D eigenvalue weighted by atomic mass is 10.3. The van der Waals surface area contributed by atoms with Crippen LogP contribution in [0.3, 0.4) is 0 Å². The topological polar surface area (TPSA) is 0 Å². The van der Waals surface area contributed by atoms with Crippen LogP contribution in [0.15, 0.2) is 3.58 Å². The van der Waals surface area contributed by atoms with Crippen molar-refractivity contribution in [3.63, 3.8) is 0 Å². The number of halogens is 2. The molecule has 0 aromatic rings. The van der Waals surface area contributed by atoms with Crippen LogP contribution in [-0.2, 0) is 0 Å². The molecule has 0 saturated heterocycles. The Balaban J connectivity index is 3.17. The highest BCUT2D eigenvalue weighted by Crippen LogP contribution is 2.13. The largest absolute Gasteiger partial charge is 0.0650 e. The van der Waals surface area contributed by atoms with Crippen LogP contribution in [0.4, 0.5) is 0 Å². The third-order valence-electron chi connectivity index (χ3n) is 0.572. The summed E-state index contributed by atoms with van der Waals surface area (Å²) in [5.74, 6) is 0. The fourth-order valence-electron chi connectivity index (χ4n) is 0.267. The van der Waals surface area contributed by atoms with Crippen molar-refractivity contribution in [2.24, 2.45) is 0 Å². The van der Waals surface area contributed by atoms with Gasteiger partial charge in [-0.2, -0.15) is 0 Å². The lowest BCUT2D eigenvalue weighted by molar-refractivity contribution is 0.954. The van der Waals surface area contributed by atoms with Crippen molar-refractivity contribution in [2.75, 3.05) is 0 Å². The highest BCUT2D eigenvalue weighted by Gasteiger charge is 1.83. The lowest BCUT2D eigenvalue weighted by Gasteiger charge is -1.87. The van der Waals surface area contributed by atoms with Gasteiger partial charge in [0.25, 0.3) is 0 Å². The molecule has 0 spiro atoms. The molecule has 0 nitrogen and oxygen atoms in total. The molecule has 0 aliphatic heterocycles. The Morgan fingerprint density at radius 3 is 2.43 bits per heavy atom. The van der Waals surface area contributed by atoms with E-state index in [1.807, 2.05) is 0 Å². The van der Waals surface area contributed by atoms with Gasteiger partial charge in [-0.15, -0.1) is 0 Å². The van der Waals surface area contributed by atoms with Crippen LogP contribution in [0.2, 0.25) is 0 Å². The van der Waals surface area contributed by atoms with Crippen molar-refractivity contribution in [1.82, 2.24) is 0 Å². The molecule has 0 saturated carbocycles. The standard InChI is InChI=1S/C5H7I2/c1-2-3-5(7)4-6/h2-3H2,1H3. The molecule has 0 fully saturated rings. The average Bonchev–Trinajstić information content (AvgIpc) is 1.68. The monoisotopic (exact) mass is 321 g/mol. The SMILES string of the molecule is CCC/C(I)=[C]\I. The first-order valence-corrected chi connectivity index (χ1v) is 4.35. The van der Waals surface area contributed by atoms with Crippen molar-refractivity contribution < 1.29 is 0 Å². The molecule has 1 radical (unpaired) electrons. The molecule has 0 aromatic carbocycles. The van der Waals surface area contributed by atoms with E-state index in [4.69, 9.17) is 0 Å². The van der Waals surface area contributed by atoms with E-state index >= 15 is 0 Å². The minimum atomic E-state index is 1.18. The second-order valence-electron chi connectivity index (χ2n) is 1.25. The summed E-state index contributed by atoms with van der Waals surface area (Å²) in [6.45, 7) is 2.17. The summed E-state index contributed by atoms with van der Waals surface area (Å²) in [4.78, 5) is 0. The first-order chi connectivity index (χ1) is 3.31. The molecular formula is C5H7I2. The molecule has 0 heterocycles. The van der Waals surface area contributed by atoms with Gasteiger partial charge in [0.1, 0.15) is 0 Å². The highest BCUT2D eigenvalue weighted by atomic mass is 127. The van der Waals surface area contributed by atoms with Gasteiger partial charge in [-0.05, 0) is 51.6 Å². The first kappa shape index (κ1) is 8.20. The van der Waals surface area contributed by atoms with E-state index in [0.717, 1.165) is 0 Å². The molecule has 0 aliphatic carbocycles. The van der Waals surface area contributed by atoms with Gasteiger partial charge in [-0.3, -0.25) is 0 Å². The van der Waals surface area contributed by atoms with Crippen LogP contribution >= 0.6 is 45.2 Å². The molecule has 0 aliphatic rings. The third-order valence-corrected chi connectivity index (χ3v) is 3.06. The summed E-state index contributed by atoms with van der Waals surface area (Å²) < 4.78 is 4.37. The Kier molecular flexibility index (Phi) is 6.25. The predicted molar refractivity (Wildman–Crippen MR) is 49.7 cm³/mol. The van der Waals surface area contributed by atoms with E-state index in [9.17, 15) is 0 Å². The van der Waals surface area contributed by atoms with Crippen LogP contribution in [0, 0.1) is 4.08 Å². The summed E-state index contributed by atoms with van der Waals surface area (Å²) in [5, 5.41) is 0. The summed E-state index contributed by atoms with van der Waals surface area (Å²) >= 11 is 4.45. The third kappa shape index (κ3) is 5.06. The van der Waals surface area contributed by atoms with E-state index in [1.54, 1.807) is 0 Å². The molecule has 7 heavy (non-hydrogen) atoms. The fraction of sp³-hybridized carbons (Fsp3) is 0.600. The number of rotatable bonds is 2. The second kappa shape index (κ2) is 5.34. The molecule has 0 amide bonds. The van der Waals surface area contributed by atoms with Crippen LogP contribution < -0.4 is 0 Å². The van der Waals surface area contributed by atoms with Crippen molar-refractivity contribution in [3.8, 4) is 0 Å². The normalized spacial score (nSPS) is 12.1. The minimum Gasteiger partial charge on any atom is -0.0650 e. The average molecular weight is 321 g/mol. The van der Waals surface area contributed by atoms with Gasteiger partial charge in [0.05, 0.1) is 0 Å². The van der Waals surface area contributed by atoms with Gasteiger partial charge in [-0.1, -0.05) is 13.3 Å². The second-order valence-corrected chi connectivity index (χ2v) is 3.09. The molecule has 2 heteroatoms. The van der Waals surface area contributed by atoms with E-state index in [1.165, 1.54) is 16.4 Å². The maximum Gasteiger partial charge on any atom is 0.0363 e. The summed E-state index contributed by atoms with van der Waals surface area (Å²) in [5.41, 5.74) is 0. The molecule has 0 bridgehead atoms. The van der Waals surface area contributed by atoms with E-state index in [0.29, 0.717) is 0 Å². The maximum absolute atomic E-state index is 3.04. The van der Waals surface area contributed by atoms with Crippen LogP contribution in [-0.4, -0.2) is 0 Å². The molecule has 0 aromatic heterocycles. The quantitative estimate of drug-likeness (QED) is 0.685. The highest BCUT2D eigenvalue weighted by molar-refractivity contribution is 14.1. The van der Waals surface area contributed by atoms with Crippen LogP contribution in [0.1, 0.15) is 19.8 Å². The van der Waals surface area contributed by atoms with E-state index < -0.39 is 0 Å². The van der Waals surface area contributed by atoms with Gasteiger partial charge in [0, 0.05) is 7.66 Å². The lowest BCUT2D eigenvalue weighted by Crippen LogP contribution is -1.64. The predicted octanol–water partition coefficient (Wildman–Crippen LogP) is 3.30. The zero-order valence-corrected chi connectivity index (χ0v) is 8.49. The van der Waals surface area contributed by atoms with Crippen LogP contribution in [0.25, 0.3) is 0 Å². The van der Waals surface area contributed by atoms with Crippen molar-refractivity contribution in [2.45, 2.75) is 19.8 Å². The Bertz CT molecular complexity index is 66.5. The Hall–Kier alpha value is 1.20. The summed E-state index contributed by atoms with van der Waals surface area (Å²) in [6, 6.07) is 0. The van der Waals surface area contributed by atoms with Crippen molar-refractivity contribution in [1.29, 1.82) is 0 Å². The van der Waals surface area contributed by atoms with Crippen LogP contribution in [0.5, 0.6) is 0 Å². The number of allylic oxidation sites excluding steroid dienone is 1. The summed E-state index contributed by atoms with van der Waals surface area (Å²) in [7, 11) is 0. The molecule has 0 unspecified atom stereocenters. The van der Waals surface area contributed by atoms with E-state index in [-0.39, 0.29) is 0 Å². The fourth-order valence-corrected chi connectivity index (χ4v) is 1.08. The maximum atomic E-state index is 3.04. The summed E-state index contributed by atoms with van der Waals surface area (Å²) in [6.07, 6.45) is 2.41. The van der Waals surface area contributed by atoms with Gasteiger partial charge < -0.3 is 0 Å². The molecule has 0 N–H and O–H groups in total. The first-order valence-electron chi connectivity index (χ1n) is 2.19. The van der Waals surface area contributed by atoms with Gasteiger partial charge in [-0.25, -0.2) is 0 Å². The Labute approximate surface area is 72.0 Å². The number of hydrogen-bond donors (Lipinski definition) is 0. The van der Waals surface area contributed by atoms with Crippen molar-refractivity contribution >= 4 is 45.2 Å². The van der Waals surface area contributed by atoms with Gasteiger partial charge >= 0.3 is 0 Å². The van der Waals surface area contributed by atoms with Crippen molar-refractivity contribution in [3.05, 3.63) is 7.66 Å². The zero-order chi connectivity index (χ0) is 5.70. The van der Waals surface area contributed by atoms with E-state index in [2.05, 4.69) is 56.2 Å².